The van der Waals surface area contributed by atoms with E-state index in [4.69, 9.17) is 11.6 Å². The number of aryl methyl sites for hydroxylation is 1. The summed E-state index contributed by atoms with van der Waals surface area (Å²) in [5, 5.41) is 6.18. The van der Waals surface area contributed by atoms with Gasteiger partial charge in [0, 0.05) is 17.8 Å². The summed E-state index contributed by atoms with van der Waals surface area (Å²) in [7, 11) is 0. The number of benzene rings is 2. The van der Waals surface area contributed by atoms with Crippen LogP contribution in [0.25, 0.3) is 0 Å². The fourth-order valence-electron chi connectivity index (χ4n) is 2.33. The molecule has 0 bridgehead atoms. The first-order chi connectivity index (χ1) is 12.5. The van der Waals surface area contributed by atoms with Gasteiger partial charge in [-0.2, -0.15) is 0 Å². The zero-order chi connectivity index (χ0) is 18.5. The van der Waals surface area contributed by atoms with Crippen molar-refractivity contribution in [3.05, 3.63) is 82.4 Å². The molecule has 2 N–H and O–H groups in total. The fraction of sp³-hybridized carbons (Fsp3) is 0.105. The van der Waals surface area contributed by atoms with E-state index in [1.807, 2.05) is 12.1 Å². The highest BCUT2D eigenvalue weighted by Gasteiger charge is 2.12. The van der Waals surface area contributed by atoms with Crippen molar-refractivity contribution in [2.75, 3.05) is 5.32 Å². The van der Waals surface area contributed by atoms with E-state index in [0.717, 1.165) is 0 Å². The van der Waals surface area contributed by atoms with E-state index in [1.54, 1.807) is 43.3 Å². The number of halogens is 2. The maximum absolute atomic E-state index is 13.7. The number of hydrogen-bond donors (Lipinski definition) is 2. The van der Waals surface area contributed by atoms with Crippen LogP contribution in [0.15, 0.2) is 54.6 Å². The molecule has 0 unspecified atom stereocenters. The number of aromatic nitrogens is 2. The van der Waals surface area contributed by atoms with Gasteiger partial charge < -0.3 is 10.6 Å². The minimum atomic E-state index is -0.416. The quantitative estimate of drug-likeness (QED) is 0.704. The lowest BCUT2D eigenvalue weighted by Gasteiger charge is -2.10. The van der Waals surface area contributed by atoms with Crippen LogP contribution < -0.4 is 10.6 Å². The van der Waals surface area contributed by atoms with Crippen LogP contribution in [0, 0.1) is 12.7 Å². The van der Waals surface area contributed by atoms with Gasteiger partial charge in [0.25, 0.3) is 5.91 Å². The summed E-state index contributed by atoms with van der Waals surface area (Å²) in [5.74, 6) is -0.525. The van der Waals surface area contributed by atoms with Crippen molar-refractivity contribution >= 4 is 29.1 Å². The molecule has 1 heterocycles. The average Bonchev–Trinajstić information content (AvgIpc) is 2.62. The summed E-state index contributed by atoms with van der Waals surface area (Å²) in [6.07, 6.45) is 0. The van der Waals surface area contributed by atoms with E-state index >= 15 is 0 Å². The van der Waals surface area contributed by atoms with Crippen LogP contribution in [0.3, 0.4) is 0 Å². The molecule has 0 fully saturated rings. The molecule has 0 spiro atoms. The Kier molecular flexibility index (Phi) is 5.43. The molecule has 1 aromatic heterocycles. The van der Waals surface area contributed by atoms with Gasteiger partial charge in [-0.05, 0) is 31.2 Å². The van der Waals surface area contributed by atoms with Gasteiger partial charge in [-0.3, -0.25) is 4.79 Å². The first-order valence-electron chi connectivity index (χ1n) is 7.92. The zero-order valence-corrected chi connectivity index (χ0v) is 14.7. The van der Waals surface area contributed by atoms with Crippen LogP contribution in [0.5, 0.6) is 0 Å². The summed E-state index contributed by atoms with van der Waals surface area (Å²) in [6, 6.07) is 15.0. The highest BCUT2D eigenvalue weighted by Crippen LogP contribution is 2.23. The molecule has 0 saturated carbocycles. The molecule has 3 aromatic rings. The van der Waals surface area contributed by atoms with Gasteiger partial charge in [-0.1, -0.05) is 41.9 Å². The van der Waals surface area contributed by atoms with E-state index in [9.17, 15) is 9.18 Å². The number of nitrogens with one attached hydrogen (secondary N) is 2. The molecule has 7 heteroatoms. The smallest absolute Gasteiger partial charge is 0.270 e. The van der Waals surface area contributed by atoms with Crippen molar-refractivity contribution in [2.24, 2.45) is 0 Å². The molecule has 0 aliphatic carbocycles. The van der Waals surface area contributed by atoms with E-state index in [1.165, 1.54) is 6.07 Å². The standard InChI is InChI=1S/C19H16ClFN4O/c1-12-10-17(18(26)22-11-13-6-2-4-8-15(13)21)25-19(23-12)24-16-9-5-3-7-14(16)20/h2-10H,11H2,1H3,(H,22,26)(H,23,24,25). The third-order valence-corrected chi connectivity index (χ3v) is 3.93. The fourth-order valence-corrected chi connectivity index (χ4v) is 2.51. The lowest BCUT2D eigenvalue weighted by molar-refractivity contribution is 0.0945. The van der Waals surface area contributed by atoms with Crippen LogP contribution in [-0.4, -0.2) is 15.9 Å². The Morgan fingerprint density at radius 1 is 1.12 bits per heavy atom. The Morgan fingerprint density at radius 3 is 2.62 bits per heavy atom. The van der Waals surface area contributed by atoms with Gasteiger partial charge in [-0.25, -0.2) is 14.4 Å². The number of nitrogens with zero attached hydrogens (tertiary/aromatic N) is 2. The third-order valence-electron chi connectivity index (χ3n) is 3.60. The highest BCUT2D eigenvalue weighted by molar-refractivity contribution is 6.33. The molecule has 0 saturated heterocycles. The zero-order valence-electron chi connectivity index (χ0n) is 14.0. The van der Waals surface area contributed by atoms with Gasteiger partial charge in [0.05, 0.1) is 10.7 Å². The largest absolute Gasteiger partial charge is 0.347 e. The third kappa shape index (κ3) is 4.34. The molecule has 5 nitrogen and oxygen atoms in total. The molecular weight excluding hydrogens is 355 g/mol. The minimum absolute atomic E-state index is 0.0713. The van der Waals surface area contributed by atoms with Crippen molar-refractivity contribution in [1.82, 2.24) is 15.3 Å². The van der Waals surface area contributed by atoms with Crippen LogP contribution in [-0.2, 0) is 6.54 Å². The van der Waals surface area contributed by atoms with Gasteiger partial charge in [-0.15, -0.1) is 0 Å². The molecular formula is C19H16ClFN4O. The Bertz CT molecular complexity index is 948. The molecule has 2 aromatic carbocycles. The second-order valence-corrected chi connectivity index (χ2v) is 6.00. The maximum atomic E-state index is 13.7. The molecule has 0 radical (unpaired) electrons. The number of carbonyl (C=O) groups is 1. The number of hydrogen-bond acceptors (Lipinski definition) is 4. The number of anilines is 2. The van der Waals surface area contributed by atoms with Gasteiger partial charge in [0.2, 0.25) is 5.95 Å². The molecule has 0 aliphatic rings. The summed E-state index contributed by atoms with van der Waals surface area (Å²) >= 11 is 6.12. The predicted molar refractivity (Wildman–Crippen MR) is 99.1 cm³/mol. The van der Waals surface area contributed by atoms with Crippen molar-refractivity contribution in [2.45, 2.75) is 13.5 Å². The molecule has 26 heavy (non-hydrogen) atoms. The SMILES string of the molecule is Cc1cc(C(=O)NCc2ccccc2F)nc(Nc2ccccc2Cl)n1. The van der Waals surface area contributed by atoms with E-state index in [0.29, 0.717) is 22.0 Å². The van der Waals surface area contributed by atoms with E-state index in [2.05, 4.69) is 20.6 Å². The summed E-state index contributed by atoms with van der Waals surface area (Å²) in [5.41, 5.74) is 1.84. The van der Waals surface area contributed by atoms with Crippen molar-refractivity contribution in [3.8, 4) is 0 Å². The number of amides is 1. The Balaban J connectivity index is 1.75. The summed E-state index contributed by atoms with van der Waals surface area (Å²) in [4.78, 5) is 20.9. The highest BCUT2D eigenvalue weighted by atomic mass is 35.5. The Morgan fingerprint density at radius 2 is 1.85 bits per heavy atom. The lowest BCUT2D eigenvalue weighted by Crippen LogP contribution is -2.25. The van der Waals surface area contributed by atoms with Crippen molar-refractivity contribution in [3.63, 3.8) is 0 Å². The van der Waals surface area contributed by atoms with Gasteiger partial charge in [0.1, 0.15) is 11.5 Å². The van der Waals surface area contributed by atoms with Crippen LogP contribution in [0.2, 0.25) is 5.02 Å². The molecule has 3 rings (SSSR count). The van der Waals surface area contributed by atoms with Gasteiger partial charge in [0.15, 0.2) is 0 Å². The van der Waals surface area contributed by atoms with Crippen molar-refractivity contribution in [1.29, 1.82) is 0 Å². The molecule has 1 amide bonds. The van der Waals surface area contributed by atoms with Crippen LogP contribution in [0.4, 0.5) is 16.0 Å². The first kappa shape index (κ1) is 17.8. The first-order valence-corrected chi connectivity index (χ1v) is 8.29. The number of carbonyl (C=O) groups excluding carboxylic acids is 1. The average molecular weight is 371 g/mol. The molecule has 132 valence electrons. The minimum Gasteiger partial charge on any atom is -0.347 e. The summed E-state index contributed by atoms with van der Waals surface area (Å²) in [6.45, 7) is 1.83. The van der Waals surface area contributed by atoms with Crippen molar-refractivity contribution < 1.29 is 9.18 Å². The Hall–Kier alpha value is -2.99. The summed E-state index contributed by atoms with van der Waals surface area (Å²) < 4.78 is 13.7. The molecule has 0 atom stereocenters. The molecule has 0 aliphatic heterocycles. The number of rotatable bonds is 5. The predicted octanol–water partition coefficient (Wildman–Crippen LogP) is 4.25. The van der Waals surface area contributed by atoms with Gasteiger partial charge >= 0.3 is 0 Å². The second kappa shape index (κ2) is 7.93. The van der Waals surface area contributed by atoms with E-state index in [-0.39, 0.29) is 24.0 Å². The second-order valence-electron chi connectivity index (χ2n) is 5.60. The topological polar surface area (TPSA) is 66.9 Å². The normalized spacial score (nSPS) is 10.4. The maximum Gasteiger partial charge on any atom is 0.270 e. The van der Waals surface area contributed by atoms with Crippen LogP contribution in [0.1, 0.15) is 21.7 Å². The monoisotopic (exact) mass is 370 g/mol. The Labute approximate surface area is 155 Å². The number of para-hydroxylation sites is 1. The lowest BCUT2D eigenvalue weighted by atomic mass is 10.2. The van der Waals surface area contributed by atoms with Crippen LogP contribution >= 0.6 is 11.6 Å². The van der Waals surface area contributed by atoms with E-state index < -0.39 is 5.91 Å².